The van der Waals surface area contributed by atoms with Crippen molar-refractivity contribution >= 4 is 39.5 Å². The number of unbranched alkanes of at least 4 members (excludes halogenated alkanes) is 37. The van der Waals surface area contributed by atoms with Gasteiger partial charge in [-0.1, -0.05) is 279 Å². The van der Waals surface area contributed by atoms with Crippen LogP contribution < -0.4 is 0 Å². The molecule has 498 valence electrons. The highest BCUT2D eigenvalue weighted by atomic mass is 31.2. The summed E-state index contributed by atoms with van der Waals surface area (Å²) in [5.41, 5.74) is 0. The first kappa shape index (κ1) is 82.1. The van der Waals surface area contributed by atoms with E-state index < -0.39 is 97.5 Å². The maximum atomic E-state index is 13.0. The molecular formula is C65H126O17P2. The normalized spacial score (nSPS) is 14.2. The second-order valence-electron chi connectivity index (χ2n) is 24.0. The molecule has 3 N–H and O–H groups in total. The SMILES string of the molecule is CCCCCCCCCCCCCCCCCCCCC(=O)O[C@H](COC(=O)CCCCCCCCCCCC(C)C)COP(=O)(O)OC[C@@H](O)COP(=O)(O)OC[C@@H](COC(=O)CCCCCCCCC)OC(=O)CCCCCCCCC. The second kappa shape index (κ2) is 58.7. The van der Waals surface area contributed by atoms with Crippen LogP contribution in [-0.4, -0.2) is 96.7 Å². The van der Waals surface area contributed by atoms with Crippen molar-refractivity contribution in [3.05, 3.63) is 0 Å². The molecule has 0 aliphatic heterocycles. The number of rotatable bonds is 65. The molecule has 0 aromatic rings. The largest absolute Gasteiger partial charge is 0.472 e. The van der Waals surface area contributed by atoms with Crippen LogP contribution in [0.15, 0.2) is 0 Å². The lowest BCUT2D eigenvalue weighted by Crippen LogP contribution is -2.30. The summed E-state index contributed by atoms with van der Waals surface area (Å²) >= 11 is 0. The van der Waals surface area contributed by atoms with Crippen LogP contribution >= 0.6 is 15.6 Å². The molecule has 0 aliphatic rings. The van der Waals surface area contributed by atoms with E-state index in [0.717, 1.165) is 121 Å². The van der Waals surface area contributed by atoms with Crippen LogP contribution in [0.3, 0.4) is 0 Å². The van der Waals surface area contributed by atoms with E-state index in [4.69, 9.17) is 37.0 Å². The summed E-state index contributed by atoms with van der Waals surface area (Å²) in [4.78, 5) is 72.0. The average Bonchev–Trinajstić information content (AvgIpc) is 3.48. The topological polar surface area (TPSA) is 237 Å². The van der Waals surface area contributed by atoms with Gasteiger partial charge in [0.25, 0.3) is 0 Å². The predicted octanol–water partition coefficient (Wildman–Crippen LogP) is 18.2. The summed E-state index contributed by atoms with van der Waals surface area (Å²) in [6.07, 6.45) is 43.4. The van der Waals surface area contributed by atoms with Crippen molar-refractivity contribution in [2.45, 2.75) is 348 Å². The number of carbonyl (C=O) groups is 4. The Morgan fingerprint density at radius 3 is 0.810 bits per heavy atom. The zero-order valence-electron chi connectivity index (χ0n) is 54.0. The molecule has 0 saturated heterocycles. The molecule has 17 nitrogen and oxygen atoms in total. The maximum absolute atomic E-state index is 13.0. The molecular weight excluding hydrogens is 1110 g/mol. The molecule has 5 atom stereocenters. The van der Waals surface area contributed by atoms with Crippen molar-refractivity contribution in [2.24, 2.45) is 5.92 Å². The number of phosphoric acid groups is 2. The number of phosphoric ester groups is 2. The van der Waals surface area contributed by atoms with Gasteiger partial charge in [0, 0.05) is 25.7 Å². The van der Waals surface area contributed by atoms with Crippen molar-refractivity contribution in [1.29, 1.82) is 0 Å². The number of hydrogen-bond donors (Lipinski definition) is 3. The molecule has 0 heterocycles. The third-order valence-electron chi connectivity index (χ3n) is 15.0. The Labute approximate surface area is 511 Å². The van der Waals surface area contributed by atoms with Crippen molar-refractivity contribution in [1.82, 2.24) is 0 Å². The van der Waals surface area contributed by atoms with Crippen LogP contribution in [-0.2, 0) is 65.4 Å². The standard InChI is InChI=1S/C65H126O17P2/c1-6-9-12-15-18-19-20-21-22-23-24-25-26-27-30-36-41-46-51-65(70)82-61(55-76-63(68)49-44-39-35-31-28-29-34-37-42-47-58(4)5)57-80-84(73,74)78-53-59(66)52-77-83(71,72)79-56-60(81-64(69)50-45-40-33-17-14-11-8-3)54-75-62(67)48-43-38-32-16-13-10-7-2/h58-61,66H,6-57H2,1-5H3,(H,71,72)(H,73,74)/t59-,60+,61+/m0/s1. The number of aliphatic hydroxyl groups excluding tert-OH is 1. The fraction of sp³-hybridized carbons (Fsp3) is 0.938. The Hall–Kier alpha value is -1.94. The van der Waals surface area contributed by atoms with Crippen molar-refractivity contribution in [3.8, 4) is 0 Å². The first-order valence-corrected chi connectivity index (χ1v) is 37.1. The molecule has 0 aromatic heterocycles. The van der Waals surface area contributed by atoms with Crippen LogP contribution in [0.5, 0.6) is 0 Å². The average molecular weight is 1240 g/mol. The Morgan fingerprint density at radius 2 is 0.548 bits per heavy atom. The first-order chi connectivity index (χ1) is 40.5. The van der Waals surface area contributed by atoms with Crippen molar-refractivity contribution < 1.29 is 80.2 Å². The van der Waals surface area contributed by atoms with E-state index in [2.05, 4.69) is 34.6 Å². The minimum absolute atomic E-state index is 0.103. The fourth-order valence-electron chi connectivity index (χ4n) is 9.76. The quantitative estimate of drug-likeness (QED) is 0.0222. The van der Waals surface area contributed by atoms with Gasteiger partial charge in [-0.15, -0.1) is 0 Å². The van der Waals surface area contributed by atoms with E-state index in [1.807, 2.05) is 0 Å². The zero-order chi connectivity index (χ0) is 62.0. The molecule has 0 spiro atoms. The molecule has 0 amide bonds. The summed E-state index contributed by atoms with van der Waals surface area (Å²) in [7, 11) is -9.88. The summed E-state index contributed by atoms with van der Waals surface area (Å²) < 4.78 is 67.8. The van der Waals surface area contributed by atoms with Gasteiger partial charge in [-0.05, 0) is 31.6 Å². The Morgan fingerprint density at radius 1 is 0.321 bits per heavy atom. The Balaban J connectivity index is 5.15. The van der Waals surface area contributed by atoms with Crippen molar-refractivity contribution in [3.63, 3.8) is 0 Å². The maximum Gasteiger partial charge on any atom is 0.472 e. The molecule has 0 radical (unpaired) electrons. The number of ether oxygens (including phenoxy) is 4. The Kier molecular flexibility index (Phi) is 57.4. The lowest BCUT2D eigenvalue weighted by atomic mass is 10.0. The summed E-state index contributed by atoms with van der Waals surface area (Å²) in [5.74, 6) is -1.40. The van der Waals surface area contributed by atoms with E-state index >= 15 is 0 Å². The first-order valence-electron chi connectivity index (χ1n) is 34.1. The van der Waals surface area contributed by atoms with Crippen LogP contribution in [0.25, 0.3) is 0 Å². The summed E-state index contributed by atoms with van der Waals surface area (Å²) in [6, 6.07) is 0. The summed E-state index contributed by atoms with van der Waals surface area (Å²) in [5, 5.41) is 10.5. The summed E-state index contributed by atoms with van der Waals surface area (Å²) in [6.45, 7) is 7.10. The van der Waals surface area contributed by atoms with E-state index in [9.17, 15) is 43.2 Å². The Bertz CT molecular complexity index is 1640. The molecule has 0 rings (SSSR count). The number of carbonyl (C=O) groups excluding carboxylic acids is 4. The van der Waals surface area contributed by atoms with Crippen molar-refractivity contribution in [2.75, 3.05) is 39.6 Å². The third-order valence-corrected chi connectivity index (χ3v) is 16.9. The van der Waals surface area contributed by atoms with E-state index in [1.165, 1.54) is 128 Å². The highest BCUT2D eigenvalue weighted by molar-refractivity contribution is 7.47. The molecule has 2 unspecified atom stereocenters. The van der Waals surface area contributed by atoms with Gasteiger partial charge in [0.2, 0.25) is 0 Å². The number of esters is 4. The van der Waals surface area contributed by atoms with Gasteiger partial charge in [-0.25, -0.2) is 9.13 Å². The fourth-order valence-corrected chi connectivity index (χ4v) is 11.3. The van der Waals surface area contributed by atoms with Gasteiger partial charge in [0.15, 0.2) is 12.2 Å². The van der Waals surface area contributed by atoms with Gasteiger partial charge >= 0.3 is 39.5 Å². The highest BCUT2D eigenvalue weighted by Gasteiger charge is 2.30. The minimum Gasteiger partial charge on any atom is -0.462 e. The molecule has 0 aromatic carbocycles. The second-order valence-corrected chi connectivity index (χ2v) is 26.9. The number of aliphatic hydroxyl groups is 1. The molecule has 0 fully saturated rings. The monoisotopic (exact) mass is 1240 g/mol. The molecule has 84 heavy (non-hydrogen) atoms. The molecule has 0 saturated carbocycles. The van der Waals surface area contributed by atoms with Crippen LogP contribution in [0.1, 0.15) is 330 Å². The van der Waals surface area contributed by atoms with Crippen LogP contribution in [0, 0.1) is 5.92 Å². The van der Waals surface area contributed by atoms with Gasteiger partial charge in [-0.2, -0.15) is 0 Å². The lowest BCUT2D eigenvalue weighted by molar-refractivity contribution is -0.161. The molecule has 0 bridgehead atoms. The number of hydrogen-bond acceptors (Lipinski definition) is 15. The zero-order valence-corrected chi connectivity index (χ0v) is 55.8. The van der Waals surface area contributed by atoms with Gasteiger partial charge in [0.1, 0.15) is 19.3 Å². The van der Waals surface area contributed by atoms with Gasteiger partial charge in [-0.3, -0.25) is 37.3 Å². The minimum atomic E-state index is -4.94. The van der Waals surface area contributed by atoms with Gasteiger partial charge in [0.05, 0.1) is 26.4 Å². The third kappa shape index (κ3) is 59.0. The van der Waals surface area contributed by atoms with E-state index in [-0.39, 0.29) is 25.7 Å². The molecule has 19 heteroatoms. The van der Waals surface area contributed by atoms with E-state index in [0.29, 0.717) is 25.7 Å². The van der Waals surface area contributed by atoms with E-state index in [1.54, 1.807) is 0 Å². The van der Waals surface area contributed by atoms with Crippen LogP contribution in [0.4, 0.5) is 0 Å². The highest BCUT2D eigenvalue weighted by Crippen LogP contribution is 2.45. The lowest BCUT2D eigenvalue weighted by Gasteiger charge is -2.21. The van der Waals surface area contributed by atoms with Crippen LogP contribution in [0.2, 0.25) is 0 Å². The molecule has 0 aliphatic carbocycles. The van der Waals surface area contributed by atoms with Gasteiger partial charge < -0.3 is 33.8 Å². The predicted molar refractivity (Wildman–Crippen MR) is 335 cm³/mol. The smallest absolute Gasteiger partial charge is 0.462 e.